The van der Waals surface area contributed by atoms with Crippen LogP contribution < -0.4 is 26.3 Å². The predicted molar refractivity (Wildman–Crippen MR) is 99.1 cm³/mol. The van der Waals surface area contributed by atoms with Crippen molar-refractivity contribution in [1.29, 1.82) is 0 Å². The lowest BCUT2D eigenvalue weighted by Crippen LogP contribution is -2.47. The molecule has 0 aliphatic carbocycles. The Labute approximate surface area is 148 Å². The molecule has 1 aliphatic rings. The predicted octanol–water partition coefficient (Wildman–Crippen LogP) is 2.79. The number of rotatable bonds is 6. The molecule has 2 aromatic rings. The van der Waals surface area contributed by atoms with E-state index in [0.717, 1.165) is 25.3 Å². The molecule has 2 aromatic carbocycles. The zero-order valence-corrected chi connectivity index (χ0v) is 14.4. The highest BCUT2D eigenvalue weighted by Crippen LogP contribution is 2.29. The van der Waals surface area contributed by atoms with Gasteiger partial charge in [-0.2, -0.15) is 0 Å². The first-order valence-electron chi connectivity index (χ1n) is 8.57. The summed E-state index contributed by atoms with van der Waals surface area (Å²) >= 11 is 0. The summed E-state index contributed by atoms with van der Waals surface area (Å²) in [6.45, 7) is 4.51. The van der Waals surface area contributed by atoms with Gasteiger partial charge in [0.15, 0.2) is 0 Å². The fourth-order valence-electron chi connectivity index (χ4n) is 2.78. The van der Waals surface area contributed by atoms with Crippen LogP contribution in [0.1, 0.15) is 13.3 Å². The first kappa shape index (κ1) is 17.4. The summed E-state index contributed by atoms with van der Waals surface area (Å²) in [6.07, 6.45) is 0.918. The molecule has 2 atom stereocenters. The maximum atomic E-state index is 6.13. The summed E-state index contributed by atoms with van der Waals surface area (Å²) in [6, 6.07) is 12.8. The van der Waals surface area contributed by atoms with Crippen molar-refractivity contribution in [2.24, 2.45) is 0 Å². The molecule has 0 amide bonds. The molecule has 0 bridgehead atoms. The van der Waals surface area contributed by atoms with Gasteiger partial charge >= 0.3 is 0 Å². The maximum absolute atomic E-state index is 6.13. The lowest BCUT2D eigenvalue weighted by molar-refractivity contribution is -0.0428. The van der Waals surface area contributed by atoms with E-state index in [1.54, 1.807) is 18.2 Å². The number of nitrogens with one attached hydrogen (secondary N) is 1. The number of anilines is 2. The summed E-state index contributed by atoms with van der Waals surface area (Å²) in [5.41, 5.74) is 12.6. The van der Waals surface area contributed by atoms with Crippen molar-refractivity contribution in [2.75, 3.05) is 31.2 Å². The van der Waals surface area contributed by atoms with E-state index < -0.39 is 0 Å². The number of hydrogen-bond acceptors (Lipinski definition) is 6. The Morgan fingerprint density at radius 1 is 1.12 bits per heavy atom. The van der Waals surface area contributed by atoms with Crippen LogP contribution in [0.5, 0.6) is 17.2 Å². The molecular weight excluding hydrogens is 318 g/mol. The van der Waals surface area contributed by atoms with Crippen LogP contribution in [0.4, 0.5) is 11.4 Å². The third kappa shape index (κ3) is 4.55. The molecule has 1 heterocycles. The summed E-state index contributed by atoms with van der Waals surface area (Å²) in [5, 5.41) is 3.34. The Kier molecular flexibility index (Phi) is 5.63. The Balaban J connectivity index is 1.68. The van der Waals surface area contributed by atoms with E-state index >= 15 is 0 Å². The van der Waals surface area contributed by atoms with E-state index in [2.05, 4.69) is 12.2 Å². The van der Waals surface area contributed by atoms with Crippen molar-refractivity contribution in [2.45, 2.75) is 25.6 Å². The van der Waals surface area contributed by atoms with Crippen molar-refractivity contribution in [1.82, 2.24) is 5.32 Å². The van der Waals surface area contributed by atoms with Gasteiger partial charge in [0.2, 0.25) is 0 Å². The highest BCUT2D eigenvalue weighted by Gasteiger charge is 2.24. The van der Waals surface area contributed by atoms with Gasteiger partial charge in [0.05, 0.1) is 18.0 Å². The van der Waals surface area contributed by atoms with Crippen LogP contribution >= 0.6 is 0 Å². The molecule has 1 aliphatic heterocycles. The molecule has 0 radical (unpaired) electrons. The minimum atomic E-state index is -0.00443. The van der Waals surface area contributed by atoms with Gasteiger partial charge in [-0.1, -0.05) is 13.0 Å². The number of hydrogen-bond donors (Lipinski definition) is 3. The fraction of sp³-hybridized carbons (Fsp3) is 0.368. The molecule has 134 valence electrons. The summed E-state index contributed by atoms with van der Waals surface area (Å²) < 4.78 is 17.8. The number of morpholine rings is 1. The zero-order valence-electron chi connectivity index (χ0n) is 14.4. The quantitative estimate of drug-likeness (QED) is 0.699. The van der Waals surface area contributed by atoms with Crippen molar-refractivity contribution in [3.05, 3.63) is 42.5 Å². The van der Waals surface area contributed by atoms with Crippen LogP contribution in [0.3, 0.4) is 0 Å². The van der Waals surface area contributed by atoms with Gasteiger partial charge in [-0.25, -0.2) is 0 Å². The average molecular weight is 343 g/mol. The lowest BCUT2D eigenvalue weighted by atomic mass is 10.1. The second-order valence-electron chi connectivity index (χ2n) is 6.05. The largest absolute Gasteiger partial charge is 0.488 e. The van der Waals surface area contributed by atoms with Crippen molar-refractivity contribution in [3.8, 4) is 17.2 Å². The van der Waals surface area contributed by atoms with E-state index in [4.69, 9.17) is 25.7 Å². The first-order chi connectivity index (χ1) is 12.2. The van der Waals surface area contributed by atoms with Gasteiger partial charge in [-0.15, -0.1) is 0 Å². The first-order valence-corrected chi connectivity index (χ1v) is 8.57. The fourth-order valence-corrected chi connectivity index (χ4v) is 2.78. The van der Waals surface area contributed by atoms with Gasteiger partial charge in [-0.3, -0.25) is 0 Å². The van der Waals surface area contributed by atoms with E-state index in [0.29, 0.717) is 29.5 Å². The lowest BCUT2D eigenvalue weighted by Gasteiger charge is -2.30. The van der Waals surface area contributed by atoms with Crippen LogP contribution in [0.15, 0.2) is 42.5 Å². The molecule has 5 N–H and O–H groups in total. The highest BCUT2D eigenvalue weighted by molar-refractivity contribution is 5.65. The molecule has 6 nitrogen and oxygen atoms in total. The van der Waals surface area contributed by atoms with Gasteiger partial charge in [0.1, 0.15) is 29.5 Å². The number of nitrogens with two attached hydrogens (primary N) is 2. The molecule has 1 fully saturated rings. The molecule has 25 heavy (non-hydrogen) atoms. The molecule has 2 unspecified atom stereocenters. The van der Waals surface area contributed by atoms with Gasteiger partial charge in [-0.05, 0) is 30.7 Å². The maximum Gasteiger partial charge on any atom is 0.131 e. The molecule has 1 saturated heterocycles. The average Bonchev–Trinajstić information content (AvgIpc) is 2.64. The Bertz CT molecular complexity index is 702. The van der Waals surface area contributed by atoms with Crippen molar-refractivity contribution in [3.63, 3.8) is 0 Å². The molecule has 3 rings (SSSR count). The molecular formula is C19H25N3O3. The molecule has 0 saturated carbocycles. The van der Waals surface area contributed by atoms with Crippen LogP contribution in [0, 0.1) is 0 Å². The summed E-state index contributed by atoms with van der Waals surface area (Å²) in [5.74, 6) is 2.07. The van der Waals surface area contributed by atoms with E-state index in [-0.39, 0.29) is 12.2 Å². The van der Waals surface area contributed by atoms with Crippen molar-refractivity contribution >= 4 is 11.4 Å². The number of ether oxygens (including phenoxy) is 3. The van der Waals surface area contributed by atoms with E-state index in [9.17, 15) is 0 Å². The normalized spacial score (nSPS) is 18.5. The van der Waals surface area contributed by atoms with E-state index in [1.165, 1.54) is 0 Å². The smallest absolute Gasteiger partial charge is 0.131 e. The van der Waals surface area contributed by atoms with Crippen molar-refractivity contribution < 1.29 is 14.2 Å². The third-order valence-corrected chi connectivity index (χ3v) is 4.16. The SMILES string of the molecule is CCC(Oc1cccc(Oc2ccc(N)c(N)c2)c1)C1CNCCO1. The van der Waals surface area contributed by atoms with Gasteiger partial charge < -0.3 is 31.0 Å². The standard InChI is InChI=1S/C19H25N3O3/c1-2-18(19-12-22-8-9-23-19)25-14-5-3-4-13(10-14)24-15-6-7-16(20)17(21)11-15/h3-7,10-11,18-19,22H,2,8-9,12,20-21H2,1H3. The Morgan fingerprint density at radius 2 is 1.92 bits per heavy atom. The summed E-state index contributed by atoms with van der Waals surface area (Å²) in [7, 11) is 0. The second-order valence-corrected chi connectivity index (χ2v) is 6.05. The molecule has 0 aromatic heterocycles. The zero-order chi connectivity index (χ0) is 17.6. The van der Waals surface area contributed by atoms with Crippen LogP contribution in [-0.2, 0) is 4.74 Å². The molecule has 0 spiro atoms. The van der Waals surface area contributed by atoms with Crippen LogP contribution in [0.25, 0.3) is 0 Å². The van der Waals surface area contributed by atoms with Crippen LogP contribution in [0.2, 0.25) is 0 Å². The minimum Gasteiger partial charge on any atom is -0.488 e. The number of nitrogen functional groups attached to an aromatic ring is 2. The van der Waals surface area contributed by atoms with E-state index in [1.807, 2.05) is 24.3 Å². The van der Waals surface area contributed by atoms with Crippen LogP contribution in [-0.4, -0.2) is 31.9 Å². The highest BCUT2D eigenvalue weighted by atomic mass is 16.5. The number of benzene rings is 2. The van der Waals surface area contributed by atoms with Gasteiger partial charge in [0.25, 0.3) is 0 Å². The summed E-state index contributed by atoms with van der Waals surface area (Å²) in [4.78, 5) is 0. The second kappa shape index (κ2) is 8.09. The monoisotopic (exact) mass is 343 g/mol. The Morgan fingerprint density at radius 3 is 2.64 bits per heavy atom. The topological polar surface area (TPSA) is 91.8 Å². The minimum absolute atomic E-state index is 0.00443. The third-order valence-electron chi connectivity index (χ3n) is 4.16. The Hall–Kier alpha value is -2.44. The van der Waals surface area contributed by atoms with Gasteiger partial charge in [0, 0.05) is 25.2 Å². The molecule has 6 heteroatoms.